The molecular weight excluding hydrogens is 332 g/mol. The number of nitrogens with one attached hydrogen (secondary N) is 2. The average molecular weight is 352 g/mol. The molecule has 4 rings (SSSR count). The number of nitrogens with zero attached hydrogens (tertiary/aromatic N) is 4. The first-order valence-corrected chi connectivity index (χ1v) is 8.82. The van der Waals surface area contributed by atoms with E-state index in [0.717, 1.165) is 18.4 Å². The molecule has 1 aliphatic carbocycles. The van der Waals surface area contributed by atoms with Crippen LogP contribution in [0, 0.1) is 6.92 Å². The minimum atomic E-state index is -0.396. The number of aromatic nitrogens is 5. The van der Waals surface area contributed by atoms with Crippen molar-refractivity contribution in [2.45, 2.75) is 45.1 Å². The van der Waals surface area contributed by atoms with Crippen LogP contribution in [0.4, 0.5) is 5.82 Å². The van der Waals surface area contributed by atoms with Crippen molar-refractivity contribution in [1.82, 2.24) is 24.7 Å². The lowest BCUT2D eigenvalue weighted by atomic mass is 9.96. The quantitative estimate of drug-likeness (QED) is 0.754. The van der Waals surface area contributed by atoms with E-state index in [1.165, 1.54) is 37.9 Å². The van der Waals surface area contributed by atoms with Gasteiger partial charge in [0.1, 0.15) is 5.69 Å². The molecule has 1 fully saturated rings. The fourth-order valence-electron chi connectivity index (χ4n) is 3.41. The number of fused-ring (bicyclic) bond motifs is 1. The van der Waals surface area contributed by atoms with Crippen LogP contribution < -0.4 is 10.9 Å². The van der Waals surface area contributed by atoms with Crippen LogP contribution >= 0.6 is 0 Å². The summed E-state index contributed by atoms with van der Waals surface area (Å²) in [7, 11) is 0. The Hall–Kier alpha value is -3.03. The normalized spacial score (nSPS) is 15.3. The number of hydrogen-bond acceptors (Lipinski definition) is 5. The lowest BCUT2D eigenvalue weighted by Crippen LogP contribution is -2.17. The van der Waals surface area contributed by atoms with Crippen molar-refractivity contribution in [1.29, 1.82) is 0 Å². The van der Waals surface area contributed by atoms with Gasteiger partial charge in [-0.25, -0.2) is 9.97 Å². The second-order valence-electron chi connectivity index (χ2n) is 6.71. The summed E-state index contributed by atoms with van der Waals surface area (Å²) in [5, 5.41) is 7.69. The van der Waals surface area contributed by atoms with E-state index in [2.05, 4.69) is 25.4 Å². The Bertz CT molecular complexity index is 1020. The summed E-state index contributed by atoms with van der Waals surface area (Å²) in [4.78, 5) is 35.1. The van der Waals surface area contributed by atoms with Gasteiger partial charge in [0.2, 0.25) is 0 Å². The molecule has 3 aromatic rings. The molecule has 0 atom stereocenters. The summed E-state index contributed by atoms with van der Waals surface area (Å²) in [5.74, 6) is 0.134. The molecule has 3 aromatic heterocycles. The Kier molecular flexibility index (Phi) is 4.24. The standard InChI is InChI=1S/C18H20N6O2/c1-11-9-24(12-5-3-2-4-6-12)23-16(11)22-18(26)14-7-13-15(8-19-14)20-10-21-17(13)25/h7-10,12H,2-6H2,1H3,(H,20,21,25)(H,22,23,26). The molecule has 1 aliphatic rings. The molecule has 0 saturated heterocycles. The third kappa shape index (κ3) is 3.10. The molecule has 1 amide bonds. The van der Waals surface area contributed by atoms with Gasteiger partial charge in [-0.1, -0.05) is 19.3 Å². The molecule has 0 aromatic carbocycles. The van der Waals surface area contributed by atoms with E-state index in [-0.39, 0.29) is 11.3 Å². The maximum Gasteiger partial charge on any atom is 0.275 e. The summed E-state index contributed by atoms with van der Waals surface area (Å²) < 4.78 is 1.96. The van der Waals surface area contributed by atoms with Crippen molar-refractivity contribution >= 4 is 22.6 Å². The van der Waals surface area contributed by atoms with Crippen LogP contribution in [0.3, 0.4) is 0 Å². The Morgan fingerprint density at radius 1 is 1.27 bits per heavy atom. The number of carbonyl (C=O) groups excluding carboxylic acids is 1. The van der Waals surface area contributed by atoms with Crippen molar-refractivity contribution in [3.63, 3.8) is 0 Å². The van der Waals surface area contributed by atoms with Crippen molar-refractivity contribution in [3.05, 3.63) is 46.4 Å². The highest BCUT2D eigenvalue weighted by molar-refractivity contribution is 6.04. The zero-order valence-corrected chi connectivity index (χ0v) is 14.5. The highest BCUT2D eigenvalue weighted by Gasteiger charge is 2.19. The third-order valence-corrected chi connectivity index (χ3v) is 4.86. The molecule has 8 nitrogen and oxygen atoms in total. The highest BCUT2D eigenvalue weighted by atomic mass is 16.2. The third-order valence-electron chi connectivity index (χ3n) is 4.86. The summed E-state index contributed by atoms with van der Waals surface area (Å²) in [5.41, 5.74) is 1.21. The highest BCUT2D eigenvalue weighted by Crippen LogP contribution is 2.29. The van der Waals surface area contributed by atoms with Crippen molar-refractivity contribution in [2.75, 3.05) is 5.32 Å². The van der Waals surface area contributed by atoms with Crippen molar-refractivity contribution in [2.24, 2.45) is 0 Å². The van der Waals surface area contributed by atoms with Crippen LogP contribution in [0.2, 0.25) is 0 Å². The maximum absolute atomic E-state index is 12.6. The molecule has 0 bridgehead atoms. The minimum Gasteiger partial charge on any atom is -0.313 e. The zero-order valence-electron chi connectivity index (χ0n) is 14.5. The van der Waals surface area contributed by atoms with Crippen LogP contribution in [0.25, 0.3) is 10.9 Å². The first-order valence-electron chi connectivity index (χ1n) is 8.82. The molecule has 2 N–H and O–H groups in total. The molecule has 0 radical (unpaired) electrons. The van der Waals surface area contributed by atoms with E-state index in [1.807, 2.05) is 17.8 Å². The predicted molar refractivity (Wildman–Crippen MR) is 97.2 cm³/mol. The number of pyridine rings is 1. The van der Waals surface area contributed by atoms with Crippen molar-refractivity contribution < 1.29 is 4.79 Å². The lowest BCUT2D eigenvalue weighted by molar-refractivity contribution is 0.102. The Morgan fingerprint density at radius 2 is 2.08 bits per heavy atom. The van der Waals surface area contributed by atoms with E-state index in [4.69, 9.17) is 0 Å². The lowest BCUT2D eigenvalue weighted by Gasteiger charge is -2.21. The Labute approximate surface area is 149 Å². The van der Waals surface area contributed by atoms with Gasteiger partial charge in [0.25, 0.3) is 11.5 Å². The molecule has 0 spiro atoms. The van der Waals surface area contributed by atoms with Crippen LogP contribution in [0.1, 0.15) is 54.2 Å². The molecule has 1 saturated carbocycles. The monoisotopic (exact) mass is 352 g/mol. The van der Waals surface area contributed by atoms with Crippen molar-refractivity contribution in [3.8, 4) is 0 Å². The SMILES string of the molecule is Cc1cn(C2CCCCC2)nc1NC(=O)c1cc2c(=O)[nH]cnc2cn1. The first-order chi connectivity index (χ1) is 12.6. The minimum absolute atomic E-state index is 0.155. The van der Waals surface area contributed by atoms with E-state index in [9.17, 15) is 9.59 Å². The van der Waals surface area contributed by atoms with Gasteiger partial charge in [0, 0.05) is 11.8 Å². The number of anilines is 1. The first kappa shape index (κ1) is 16.4. The maximum atomic E-state index is 12.6. The van der Waals surface area contributed by atoms with Gasteiger partial charge in [0.05, 0.1) is 29.5 Å². The van der Waals surface area contributed by atoms with Gasteiger partial charge in [-0.05, 0) is 25.8 Å². The van der Waals surface area contributed by atoms with Gasteiger partial charge in [-0.2, -0.15) is 5.10 Å². The van der Waals surface area contributed by atoms with E-state index < -0.39 is 5.91 Å². The fourth-order valence-corrected chi connectivity index (χ4v) is 3.41. The second kappa shape index (κ2) is 6.70. The Morgan fingerprint density at radius 3 is 2.88 bits per heavy atom. The molecule has 8 heteroatoms. The summed E-state index contributed by atoms with van der Waals surface area (Å²) in [6, 6.07) is 1.85. The molecule has 134 valence electrons. The topological polar surface area (TPSA) is 106 Å². The van der Waals surface area contributed by atoms with E-state index in [1.54, 1.807) is 0 Å². The predicted octanol–water partition coefficient (Wildman–Crippen LogP) is 2.58. The summed E-state index contributed by atoms with van der Waals surface area (Å²) >= 11 is 0. The van der Waals surface area contributed by atoms with Crippen LogP contribution in [-0.4, -0.2) is 30.6 Å². The van der Waals surface area contributed by atoms with Crippen LogP contribution in [-0.2, 0) is 0 Å². The van der Waals surface area contributed by atoms with E-state index in [0.29, 0.717) is 22.8 Å². The number of rotatable bonds is 3. The molecule has 3 heterocycles. The number of hydrogen-bond donors (Lipinski definition) is 2. The number of H-pyrrole nitrogens is 1. The summed E-state index contributed by atoms with van der Waals surface area (Å²) in [6.07, 6.45) is 10.7. The smallest absolute Gasteiger partial charge is 0.275 e. The number of aryl methyl sites for hydroxylation is 1. The van der Waals surface area contributed by atoms with Gasteiger partial charge < -0.3 is 10.3 Å². The second-order valence-corrected chi connectivity index (χ2v) is 6.71. The van der Waals surface area contributed by atoms with Gasteiger partial charge in [-0.15, -0.1) is 0 Å². The average Bonchev–Trinajstić information content (AvgIpc) is 3.03. The molecule has 0 unspecified atom stereocenters. The zero-order chi connectivity index (χ0) is 18.1. The Balaban J connectivity index is 1.57. The number of amides is 1. The number of aromatic amines is 1. The largest absolute Gasteiger partial charge is 0.313 e. The van der Waals surface area contributed by atoms with Crippen LogP contribution in [0.15, 0.2) is 29.6 Å². The van der Waals surface area contributed by atoms with E-state index >= 15 is 0 Å². The molecule has 0 aliphatic heterocycles. The number of carbonyl (C=O) groups is 1. The van der Waals surface area contributed by atoms with Gasteiger partial charge >= 0.3 is 0 Å². The van der Waals surface area contributed by atoms with Gasteiger partial charge in [0.15, 0.2) is 5.82 Å². The molecule has 26 heavy (non-hydrogen) atoms. The summed E-state index contributed by atoms with van der Waals surface area (Å²) in [6.45, 7) is 1.92. The molecular formula is C18H20N6O2. The fraction of sp³-hybridized carbons (Fsp3) is 0.389. The van der Waals surface area contributed by atoms with Gasteiger partial charge in [-0.3, -0.25) is 14.3 Å². The van der Waals surface area contributed by atoms with Crippen LogP contribution in [0.5, 0.6) is 0 Å².